The summed E-state index contributed by atoms with van der Waals surface area (Å²) in [4.78, 5) is 8.94. The van der Waals surface area contributed by atoms with Crippen molar-refractivity contribution in [2.45, 2.75) is 38.1 Å². The number of benzene rings is 1. The minimum absolute atomic E-state index is 0.267. The molecule has 2 aromatic rings. The topological polar surface area (TPSA) is 75.9 Å². The van der Waals surface area contributed by atoms with Crippen LogP contribution in [-0.2, 0) is 0 Å². The summed E-state index contributed by atoms with van der Waals surface area (Å²) in [5, 5.41) is 3.49. The zero-order chi connectivity index (χ0) is 14.8. The van der Waals surface area contributed by atoms with E-state index >= 15 is 0 Å². The third-order valence-corrected chi connectivity index (χ3v) is 3.76. The molecule has 0 saturated heterocycles. The fraction of sp³-hybridized carbons (Fsp3) is 0.375. The van der Waals surface area contributed by atoms with Crippen LogP contribution in [-0.4, -0.2) is 16.0 Å². The number of nitrogens with one attached hydrogen (secondary N) is 2. The lowest BCUT2D eigenvalue weighted by Crippen LogP contribution is -2.14. The number of nitrogen functional groups attached to an aromatic ring is 1. The van der Waals surface area contributed by atoms with Crippen LogP contribution >= 0.6 is 0 Å². The van der Waals surface area contributed by atoms with Gasteiger partial charge in [-0.2, -0.15) is 0 Å². The first kappa shape index (κ1) is 13.8. The molecule has 21 heavy (non-hydrogen) atoms. The Morgan fingerprint density at radius 1 is 1.14 bits per heavy atom. The lowest BCUT2D eigenvalue weighted by atomic mass is 10.1. The highest BCUT2D eigenvalue weighted by molar-refractivity contribution is 5.49. The molecule has 1 aromatic carbocycles. The summed E-state index contributed by atoms with van der Waals surface area (Å²) in [6.07, 6.45) is 1.14. The van der Waals surface area contributed by atoms with E-state index in [0.717, 1.165) is 18.1 Å². The van der Waals surface area contributed by atoms with E-state index in [1.165, 1.54) is 5.56 Å². The Kier molecular flexibility index (Phi) is 3.75. The first-order valence-electron chi connectivity index (χ1n) is 7.34. The zero-order valence-corrected chi connectivity index (χ0v) is 12.4. The second kappa shape index (κ2) is 5.69. The molecule has 0 amide bonds. The molecular formula is C16H21N5. The van der Waals surface area contributed by atoms with Crippen molar-refractivity contribution in [2.75, 3.05) is 10.7 Å². The maximum atomic E-state index is 5.48. The molecule has 110 valence electrons. The average molecular weight is 283 g/mol. The van der Waals surface area contributed by atoms with Gasteiger partial charge in [-0.25, -0.2) is 15.8 Å². The van der Waals surface area contributed by atoms with Gasteiger partial charge >= 0.3 is 0 Å². The van der Waals surface area contributed by atoms with Crippen molar-refractivity contribution in [2.24, 2.45) is 5.84 Å². The molecule has 1 saturated carbocycles. The number of hydrogen-bond donors (Lipinski definition) is 3. The van der Waals surface area contributed by atoms with Gasteiger partial charge in [-0.05, 0) is 12.0 Å². The first-order valence-corrected chi connectivity index (χ1v) is 7.34. The largest absolute Gasteiger partial charge is 0.367 e. The molecule has 0 aliphatic heterocycles. The number of nitrogens with two attached hydrogens (primary N) is 1. The fourth-order valence-corrected chi connectivity index (χ4v) is 2.49. The predicted molar refractivity (Wildman–Crippen MR) is 85.1 cm³/mol. The van der Waals surface area contributed by atoms with E-state index in [1.54, 1.807) is 0 Å². The normalized spacial score (nSPS) is 20.4. The van der Waals surface area contributed by atoms with E-state index in [1.807, 2.05) is 12.1 Å². The summed E-state index contributed by atoms with van der Waals surface area (Å²) in [5.41, 5.74) is 3.99. The molecule has 3 rings (SSSR count). The second-order valence-electron chi connectivity index (χ2n) is 5.80. The Morgan fingerprint density at radius 2 is 1.86 bits per heavy atom. The Hall–Kier alpha value is -2.14. The Labute approximate surface area is 125 Å². The van der Waals surface area contributed by atoms with E-state index in [-0.39, 0.29) is 5.92 Å². The predicted octanol–water partition coefficient (Wildman–Crippen LogP) is 2.85. The van der Waals surface area contributed by atoms with Crippen molar-refractivity contribution in [3.63, 3.8) is 0 Å². The summed E-state index contributed by atoms with van der Waals surface area (Å²) in [6.45, 7) is 4.15. The third-order valence-electron chi connectivity index (χ3n) is 3.76. The van der Waals surface area contributed by atoms with Crippen molar-refractivity contribution < 1.29 is 0 Å². The summed E-state index contributed by atoms with van der Waals surface area (Å²) >= 11 is 0. The first-order chi connectivity index (χ1) is 10.2. The van der Waals surface area contributed by atoms with Gasteiger partial charge in [0, 0.05) is 23.9 Å². The van der Waals surface area contributed by atoms with Gasteiger partial charge in [0.25, 0.3) is 0 Å². The molecule has 5 nitrogen and oxygen atoms in total. The molecule has 2 atom stereocenters. The summed E-state index contributed by atoms with van der Waals surface area (Å²) < 4.78 is 0. The van der Waals surface area contributed by atoms with Crippen molar-refractivity contribution in [3.05, 3.63) is 47.8 Å². The minimum atomic E-state index is 0.267. The zero-order valence-electron chi connectivity index (χ0n) is 12.4. The maximum Gasteiger partial charge on any atom is 0.145 e. The highest BCUT2D eigenvalue weighted by atomic mass is 15.3. The van der Waals surface area contributed by atoms with Crippen LogP contribution in [0.15, 0.2) is 36.4 Å². The number of rotatable bonds is 5. The molecule has 4 N–H and O–H groups in total. The minimum Gasteiger partial charge on any atom is -0.367 e. The van der Waals surface area contributed by atoms with Gasteiger partial charge in [-0.3, -0.25) is 0 Å². The summed E-state index contributed by atoms with van der Waals surface area (Å²) in [5.74, 6) is 8.60. The molecule has 1 heterocycles. The quantitative estimate of drug-likeness (QED) is 0.581. The molecule has 2 unspecified atom stereocenters. The van der Waals surface area contributed by atoms with Gasteiger partial charge in [0.1, 0.15) is 17.5 Å². The molecule has 0 spiro atoms. The lowest BCUT2D eigenvalue weighted by Gasteiger charge is -2.11. The standard InChI is InChI=1S/C16H21N5/c1-10(2)16-19-14(9-15(20-16)21-17)18-13-8-12(13)11-6-4-3-5-7-11/h3-7,9-10,12-13H,8,17H2,1-2H3,(H2,18,19,20,21). The molecule has 1 fully saturated rings. The van der Waals surface area contributed by atoms with Crippen LogP contribution in [0.5, 0.6) is 0 Å². The van der Waals surface area contributed by atoms with Crippen LogP contribution in [0.4, 0.5) is 11.6 Å². The van der Waals surface area contributed by atoms with E-state index < -0.39 is 0 Å². The molecule has 0 radical (unpaired) electrons. The van der Waals surface area contributed by atoms with Gasteiger partial charge in [0.15, 0.2) is 0 Å². The highest BCUT2D eigenvalue weighted by Crippen LogP contribution is 2.42. The number of hydrogen-bond acceptors (Lipinski definition) is 5. The van der Waals surface area contributed by atoms with E-state index in [0.29, 0.717) is 17.8 Å². The van der Waals surface area contributed by atoms with Crippen LogP contribution in [0, 0.1) is 0 Å². The third kappa shape index (κ3) is 3.13. The molecule has 0 bridgehead atoms. The number of hydrazine groups is 1. The van der Waals surface area contributed by atoms with Crippen molar-refractivity contribution in [1.82, 2.24) is 9.97 Å². The number of aromatic nitrogens is 2. The van der Waals surface area contributed by atoms with E-state index in [2.05, 4.69) is 58.8 Å². The van der Waals surface area contributed by atoms with E-state index in [9.17, 15) is 0 Å². The molecular weight excluding hydrogens is 262 g/mol. The average Bonchev–Trinajstić information content (AvgIpc) is 3.27. The van der Waals surface area contributed by atoms with Gasteiger partial charge in [-0.15, -0.1) is 0 Å². The molecule has 5 heteroatoms. The fourth-order valence-electron chi connectivity index (χ4n) is 2.49. The SMILES string of the molecule is CC(C)c1nc(NN)cc(NC2CC2c2ccccc2)n1. The van der Waals surface area contributed by atoms with Crippen LogP contribution in [0.3, 0.4) is 0 Å². The van der Waals surface area contributed by atoms with Crippen LogP contribution in [0.25, 0.3) is 0 Å². The van der Waals surface area contributed by atoms with Crippen molar-refractivity contribution in [3.8, 4) is 0 Å². The van der Waals surface area contributed by atoms with Gasteiger partial charge in [0.05, 0.1) is 0 Å². The van der Waals surface area contributed by atoms with Crippen molar-refractivity contribution in [1.29, 1.82) is 0 Å². The van der Waals surface area contributed by atoms with Gasteiger partial charge < -0.3 is 10.7 Å². The summed E-state index contributed by atoms with van der Waals surface area (Å²) in [7, 11) is 0. The van der Waals surface area contributed by atoms with Crippen LogP contribution in [0.1, 0.15) is 43.5 Å². The van der Waals surface area contributed by atoms with Crippen LogP contribution < -0.4 is 16.6 Å². The highest BCUT2D eigenvalue weighted by Gasteiger charge is 2.38. The Morgan fingerprint density at radius 3 is 2.52 bits per heavy atom. The lowest BCUT2D eigenvalue weighted by molar-refractivity contribution is 0.774. The van der Waals surface area contributed by atoms with Crippen molar-refractivity contribution >= 4 is 11.6 Å². The maximum absolute atomic E-state index is 5.48. The van der Waals surface area contributed by atoms with Crippen LogP contribution in [0.2, 0.25) is 0 Å². The number of anilines is 2. The second-order valence-corrected chi connectivity index (χ2v) is 5.80. The van der Waals surface area contributed by atoms with Gasteiger partial charge in [0.2, 0.25) is 0 Å². The smallest absolute Gasteiger partial charge is 0.145 e. The van der Waals surface area contributed by atoms with Gasteiger partial charge in [-0.1, -0.05) is 44.2 Å². The monoisotopic (exact) mass is 283 g/mol. The number of nitrogens with zero attached hydrogens (tertiary/aromatic N) is 2. The molecule has 1 aliphatic carbocycles. The van der Waals surface area contributed by atoms with E-state index in [4.69, 9.17) is 5.84 Å². The Balaban J connectivity index is 1.73. The molecule has 1 aliphatic rings. The Bertz CT molecular complexity index is 611. The molecule has 1 aromatic heterocycles. The summed E-state index contributed by atoms with van der Waals surface area (Å²) in [6, 6.07) is 12.9.